The van der Waals surface area contributed by atoms with Crippen molar-refractivity contribution in [2.75, 3.05) is 18.1 Å². The van der Waals surface area contributed by atoms with E-state index in [4.69, 9.17) is 21.3 Å². The average molecular weight is 282 g/mol. The number of ether oxygens (including phenoxy) is 1. The van der Waals surface area contributed by atoms with Gasteiger partial charge in [-0.2, -0.15) is 9.97 Å². The summed E-state index contributed by atoms with van der Waals surface area (Å²) < 4.78 is 6.79. The normalized spacial score (nSPS) is 30.1. The molecule has 0 spiro atoms. The number of nitrogens with zero attached hydrogens (tertiary/aromatic N) is 4. The van der Waals surface area contributed by atoms with Gasteiger partial charge in [0, 0.05) is 0 Å². The lowest BCUT2D eigenvalue weighted by Crippen LogP contribution is -2.33. The molecule has 0 radical (unpaired) electrons. The van der Waals surface area contributed by atoms with Gasteiger partial charge in [-0.15, -0.1) is 0 Å². The summed E-state index contributed by atoms with van der Waals surface area (Å²) in [6.07, 6.45) is -2.92. The Morgan fingerprint density at radius 3 is 2.65 bits per heavy atom. The van der Waals surface area contributed by atoms with Crippen LogP contribution >= 0.6 is 0 Å². The van der Waals surface area contributed by atoms with Crippen LogP contribution in [0.1, 0.15) is 6.23 Å². The Balaban J connectivity index is 2.07. The lowest BCUT2D eigenvalue weighted by molar-refractivity contribution is -0.0511. The van der Waals surface area contributed by atoms with E-state index in [2.05, 4.69) is 15.0 Å². The van der Waals surface area contributed by atoms with E-state index < -0.39 is 31.1 Å². The molecule has 108 valence electrons. The van der Waals surface area contributed by atoms with Gasteiger partial charge in [0.05, 0.1) is 12.9 Å². The molecule has 1 aliphatic heterocycles. The molecule has 2 aromatic heterocycles. The molecule has 0 aliphatic carbocycles. The third kappa shape index (κ3) is 1.78. The molecule has 10 heteroatoms. The molecule has 3 rings (SSSR count). The fourth-order valence-corrected chi connectivity index (χ4v) is 2.25. The number of aliphatic hydroxyl groups excluding tert-OH is 3. The zero-order valence-electron chi connectivity index (χ0n) is 10.3. The number of imidazole rings is 1. The van der Waals surface area contributed by atoms with Crippen molar-refractivity contribution in [3.8, 4) is 0 Å². The highest BCUT2D eigenvalue weighted by Crippen LogP contribution is 2.31. The summed E-state index contributed by atoms with van der Waals surface area (Å²) in [5, 5.41) is 28.8. The molecule has 2 aromatic rings. The van der Waals surface area contributed by atoms with E-state index in [1.165, 1.54) is 10.9 Å². The average Bonchev–Trinajstić information content (AvgIpc) is 2.93. The van der Waals surface area contributed by atoms with Crippen molar-refractivity contribution >= 4 is 22.9 Å². The molecule has 4 atom stereocenters. The molecular weight excluding hydrogens is 268 g/mol. The predicted octanol–water partition coefficient (Wildman–Crippen LogP) is -2.40. The van der Waals surface area contributed by atoms with Crippen molar-refractivity contribution < 1.29 is 20.1 Å². The molecule has 3 heterocycles. The predicted molar refractivity (Wildman–Crippen MR) is 67.2 cm³/mol. The monoisotopic (exact) mass is 282 g/mol. The molecule has 0 saturated carbocycles. The summed E-state index contributed by atoms with van der Waals surface area (Å²) in [5.41, 5.74) is 11.8. The van der Waals surface area contributed by atoms with Crippen LogP contribution in [-0.2, 0) is 4.74 Å². The molecule has 0 bridgehead atoms. The van der Waals surface area contributed by atoms with Crippen LogP contribution in [0.5, 0.6) is 0 Å². The van der Waals surface area contributed by atoms with Gasteiger partial charge in [0.1, 0.15) is 23.8 Å². The Hall–Kier alpha value is -2.01. The highest BCUT2D eigenvalue weighted by molar-refractivity contribution is 5.82. The number of hydrogen-bond acceptors (Lipinski definition) is 9. The maximum Gasteiger partial charge on any atom is 0.224 e. The van der Waals surface area contributed by atoms with Gasteiger partial charge in [-0.1, -0.05) is 0 Å². The number of nitrogen functional groups attached to an aromatic ring is 2. The molecule has 20 heavy (non-hydrogen) atoms. The second kappa shape index (κ2) is 4.52. The van der Waals surface area contributed by atoms with E-state index in [1.54, 1.807) is 0 Å². The lowest BCUT2D eigenvalue weighted by atomic mass is 10.1. The van der Waals surface area contributed by atoms with Crippen LogP contribution < -0.4 is 11.5 Å². The first-order chi connectivity index (χ1) is 9.52. The van der Waals surface area contributed by atoms with Crippen LogP contribution in [0, 0.1) is 0 Å². The quantitative estimate of drug-likeness (QED) is 0.403. The Morgan fingerprint density at radius 1 is 1.25 bits per heavy atom. The van der Waals surface area contributed by atoms with E-state index in [0.29, 0.717) is 5.52 Å². The third-order valence-corrected chi connectivity index (χ3v) is 3.26. The number of aromatic nitrogens is 4. The Bertz CT molecular complexity index is 646. The van der Waals surface area contributed by atoms with Gasteiger partial charge in [0.25, 0.3) is 0 Å². The molecule has 0 amide bonds. The largest absolute Gasteiger partial charge is 0.394 e. The van der Waals surface area contributed by atoms with Gasteiger partial charge in [-0.25, -0.2) is 4.98 Å². The van der Waals surface area contributed by atoms with Gasteiger partial charge in [-0.05, 0) is 0 Å². The number of hydrogen-bond donors (Lipinski definition) is 5. The maximum atomic E-state index is 9.99. The number of rotatable bonds is 2. The summed E-state index contributed by atoms with van der Waals surface area (Å²) in [4.78, 5) is 11.8. The Morgan fingerprint density at radius 2 is 2.00 bits per heavy atom. The zero-order chi connectivity index (χ0) is 14.4. The highest BCUT2D eigenvalue weighted by Gasteiger charge is 2.44. The molecule has 1 aliphatic rings. The maximum absolute atomic E-state index is 9.99. The van der Waals surface area contributed by atoms with Gasteiger partial charge < -0.3 is 31.5 Å². The van der Waals surface area contributed by atoms with Gasteiger partial charge >= 0.3 is 0 Å². The fourth-order valence-electron chi connectivity index (χ4n) is 2.25. The Kier molecular flexibility index (Phi) is 2.94. The van der Waals surface area contributed by atoms with Crippen molar-refractivity contribution in [2.24, 2.45) is 0 Å². The number of fused-ring (bicyclic) bond motifs is 1. The minimum absolute atomic E-state index is 0.0384. The number of aliphatic hydroxyl groups is 3. The van der Waals surface area contributed by atoms with Gasteiger partial charge in [0.15, 0.2) is 17.7 Å². The van der Waals surface area contributed by atoms with Crippen molar-refractivity contribution in [3.63, 3.8) is 0 Å². The molecule has 10 nitrogen and oxygen atoms in total. The van der Waals surface area contributed by atoms with Gasteiger partial charge in [0.2, 0.25) is 5.95 Å². The molecule has 0 unspecified atom stereocenters. The molecule has 7 N–H and O–H groups in total. The first-order valence-corrected chi connectivity index (χ1v) is 5.91. The first kappa shape index (κ1) is 13.0. The second-order valence-corrected chi connectivity index (χ2v) is 4.52. The molecular formula is C10H14N6O4. The number of nitrogens with two attached hydrogens (primary N) is 2. The van der Waals surface area contributed by atoms with Crippen LogP contribution in [0.3, 0.4) is 0 Å². The van der Waals surface area contributed by atoms with E-state index in [0.717, 1.165) is 0 Å². The van der Waals surface area contributed by atoms with Crippen LogP contribution in [0.15, 0.2) is 6.33 Å². The molecule has 1 saturated heterocycles. The van der Waals surface area contributed by atoms with Crippen LogP contribution in [-0.4, -0.2) is 59.8 Å². The Labute approximate surface area is 112 Å². The zero-order valence-corrected chi connectivity index (χ0v) is 10.3. The van der Waals surface area contributed by atoms with E-state index in [-0.39, 0.29) is 17.4 Å². The summed E-state index contributed by atoms with van der Waals surface area (Å²) in [6, 6.07) is 0. The lowest BCUT2D eigenvalue weighted by Gasteiger charge is -2.16. The van der Waals surface area contributed by atoms with Crippen molar-refractivity contribution in [1.82, 2.24) is 19.5 Å². The standard InChI is InChI=1S/C10H14N6O4/c11-7-4-8(15-10(12)14-7)16(2-13-4)9-6(19)5(18)3(1-17)20-9/h2-3,5-6,9,17-19H,1H2,(H4,11,12,14,15)/t3-,5+,6+,9-/m1/s1. The van der Waals surface area contributed by atoms with Crippen molar-refractivity contribution in [2.45, 2.75) is 24.5 Å². The minimum atomic E-state index is -1.23. The smallest absolute Gasteiger partial charge is 0.224 e. The summed E-state index contributed by atoms with van der Waals surface area (Å²) in [7, 11) is 0. The highest BCUT2D eigenvalue weighted by atomic mass is 16.6. The molecule has 1 fully saturated rings. The van der Waals surface area contributed by atoms with Crippen LogP contribution in [0.2, 0.25) is 0 Å². The summed E-state index contributed by atoms with van der Waals surface area (Å²) in [5.74, 6) is 0.0708. The molecule has 0 aromatic carbocycles. The SMILES string of the molecule is Nc1nc(N)c2ncn([C@@H]3O[C@H](CO)[C@H](O)[C@@H]3O)c2n1. The topological polar surface area (TPSA) is 166 Å². The van der Waals surface area contributed by atoms with E-state index >= 15 is 0 Å². The van der Waals surface area contributed by atoms with E-state index in [1.807, 2.05) is 0 Å². The summed E-state index contributed by atoms with van der Waals surface area (Å²) >= 11 is 0. The van der Waals surface area contributed by atoms with Crippen molar-refractivity contribution in [1.29, 1.82) is 0 Å². The van der Waals surface area contributed by atoms with Gasteiger partial charge in [-0.3, -0.25) is 4.57 Å². The summed E-state index contributed by atoms with van der Waals surface area (Å²) in [6.45, 7) is -0.416. The van der Waals surface area contributed by atoms with Crippen molar-refractivity contribution in [3.05, 3.63) is 6.33 Å². The number of anilines is 2. The first-order valence-electron chi connectivity index (χ1n) is 5.91. The van der Waals surface area contributed by atoms with Crippen LogP contribution in [0.25, 0.3) is 11.2 Å². The van der Waals surface area contributed by atoms with E-state index in [9.17, 15) is 10.2 Å². The second-order valence-electron chi connectivity index (χ2n) is 4.52. The van der Waals surface area contributed by atoms with Crippen LogP contribution in [0.4, 0.5) is 11.8 Å². The minimum Gasteiger partial charge on any atom is -0.394 e. The fraction of sp³-hybridized carbons (Fsp3) is 0.500. The third-order valence-electron chi connectivity index (χ3n) is 3.26.